The molecule has 8 nitrogen and oxygen atoms in total. The van der Waals surface area contributed by atoms with Crippen LogP contribution in [0.25, 0.3) is 0 Å². The molecule has 0 saturated carbocycles. The summed E-state index contributed by atoms with van der Waals surface area (Å²) < 4.78 is 16.5. The minimum Gasteiger partial charge on any atom is -0.471 e. The highest BCUT2D eigenvalue weighted by atomic mass is 16.7. The first-order valence-corrected chi connectivity index (χ1v) is 8.45. The molecule has 1 fully saturated rings. The number of hydrogen-bond acceptors (Lipinski definition) is 7. The molecule has 4 rings (SSSR count). The van der Waals surface area contributed by atoms with Crippen molar-refractivity contribution in [2.45, 2.75) is 12.5 Å². The lowest BCUT2D eigenvalue weighted by Gasteiger charge is -2.18. The number of amides is 1. The number of anilines is 1. The van der Waals surface area contributed by atoms with E-state index in [1.165, 1.54) is 0 Å². The van der Waals surface area contributed by atoms with E-state index in [0.717, 1.165) is 12.2 Å². The molecular formula is C18H20N4O4. The Kier molecular flexibility index (Phi) is 4.24. The van der Waals surface area contributed by atoms with Gasteiger partial charge in [-0.15, -0.1) is 0 Å². The second kappa shape index (κ2) is 6.70. The number of carbonyl (C=O) groups is 1. The predicted molar refractivity (Wildman–Crippen MR) is 93.9 cm³/mol. The number of hydrogen-bond donors (Lipinski definition) is 0. The van der Waals surface area contributed by atoms with Crippen LogP contribution >= 0.6 is 0 Å². The SMILES string of the molecule is CN(C)c1cncc(O[C@@H]2CCN(C(=O)c3ccc4c(c3)OCO4)C2)n1. The minimum atomic E-state index is -0.0975. The van der Waals surface area contributed by atoms with Crippen LogP contribution in [0.15, 0.2) is 30.6 Å². The van der Waals surface area contributed by atoms with Gasteiger partial charge in [-0.05, 0) is 18.2 Å². The molecule has 2 aliphatic rings. The number of carbonyl (C=O) groups excluding carboxylic acids is 1. The summed E-state index contributed by atoms with van der Waals surface area (Å²) in [6, 6.07) is 5.25. The predicted octanol–water partition coefficient (Wildman–Crippen LogP) is 1.56. The Balaban J connectivity index is 1.40. The second-order valence-electron chi connectivity index (χ2n) is 6.46. The van der Waals surface area contributed by atoms with E-state index >= 15 is 0 Å². The van der Waals surface area contributed by atoms with Crippen molar-refractivity contribution in [2.75, 3.05) is 38.9 Å². The maximum absolute atomic E-state index is 12.7. The molecule has 0 radical (unpaired) electrons. The monoisotopic (exact) mass is 356 g/mol. The first-order valence-electron chi connectivity index (χ1n) is 8.45. The normalized spacial score (nSPS) is 18.1. The van der Waals surface area contributed by atoms with E-state index in [4.69, 9.17) is 14.2 Å². The highest BCUT2D eigenvalue weighted by Crippen LogP contribution is 2.33. The molecule has 1 amide bonds. The van der Waals surface area contributed by atoms with Gasteiger partial charge in [0, 0.05) is 32.6 Å². The summed E-state index contributed by atoms with van der Waals surface area (Å²) in [5.41, 5.74) is 0.587. The fourth-order valence-corrected chi connectivity index (χ4v) is 3.00. The lowest BCUT2D eigenvalue weighted by Crippen LogP contribution is -2.31. The molecule has 8 heteroatoms. The molecule has 1 aromatic heterocycles. The third-order valence-corrected chi connectivity index (χ3v) is 4.40. The Labute approximate surface area is 151 Å². The molecular weight excluding hydrogens is 336 g/mol. The van der Waals surface area contributed by atoms with Crippen LogP contribution in [-0.4, -0.2) is 60.9 Å². The summed E-state index contributed by atoms with van der Waals surface area (Å²) in [5.74, 6) is 2.44. The van der Waals surface area contributed by atoms with Crippen molar-refractivity contribution in [3.05, 3.63) is 36.2 Å². The molecule has 3 heterocycles. The smallest absolute Gasteiger partial charge is 0.254 e. The average molecular weight is 356 g/mol. The fraction of sp³-hybridized carbons (Fsp3) is 0.389. The summed E-state index contributed by atoms with van der Waals surface area (Å²) in [5, 5.41) is 0. The third kappa shape index (κ3) is 3.22. The van der Waals surface area contributed by atoms with Gasteiger partial charge in [0.05, 0.1) is 18.9 Å². The Morgan fingerprint density at radius 1 is 1.27 bits per heavy atom. The Morgan fingerprint density at radius 3 is 2.96 bits per heavy atom. The average Bonchev–Trinajstić information content (AvgIpc) is 3.30. The maximum Gasteiger partial charge on any atom is 0.254 e. The first kappa shape index (κ1) is 16.4. The van der Waals surface area contributed by atoms with Gasteiger partial charge in [0.25, 0.3) is 5.91 Å². The minimum absolute atomic E-state index is 0.0393. The van der Waals surface area contributed by atoms with Crippen LogP contribution in [0.3, 0.4) is 0 Å². The lowest BCUT2D eigenvalue weighted by atomic mass is 10.2. The number of rotatable bonds is 4. The highest BCUT2D eigenvalue weighted by molar-refractivity contribution is 5.95. The Hall–Kier alpha value is -3.03. The van der Waals surface area contributed by atoms with E-state index in [9.17, 15) is 4.79 Å². The molecule has 0 N–H and O–H groups in total. The highest BCUT2D eigenvalue weighted by Gasteiger charge is 2.29. The van der Waals surface area contributed by atoms with Gasteiger partial charge in [-0.2, -0.15) is 4.98 Å². The van der Waals surface area contributed by atoms with E-state index < -0.39 is 0 Å². The van der Waals surface area contributed by atoms with Gasteiger partial charge < -0.3 is 24.0 Å². The van der Waals surface area contributed by atoms with E-state index in [-0.39, 0.29) is 18.8 Å². The largest absolute Gasteiger partial charge is 0.471 e. The van der Waals surface area contributed by atoms with Crippen molar-refractivity contribution in [1.82, 2.24) is 14.9 Å². The zero-order chi connectivity index (χ0) is 18.1. The number of likely N-dealkylation sites (tertiary alicyclic amines) is 1. The second-order valence-corrected chi connectivity index (χ2v) is 6.46. The van der Waals surface area contributed by atoms with Gasteiger partial charge in [-0.3, -0.25) is 9.78 Å². The molecule has 2 aliphatic heterocycles. The van der Waals surface area contributed by atoms with E-state index in [2.05, 4.69) is 9.97 Å². The van der Waals surface area contributed by atoms with Crippen molar-refractivity contribution in [3.8, 4) is 17.4 Å². The number of fused-ring (bicyclic) bond motifs is 1. The molecule has 136 valence electrons. The van der Waals surface area contributed by atoms with Crippen LogP contribution in [0.4, 0.5) is 5.82 Å². The van der Waals surface area contributed by atoms with Gasteiger partial charge in [-0.1, -0.05) is 0 Å². The van der Waals surface area contributed by atoms with E-state index in [0.29, 0.717) is 36.0 Å². The molecule has 2 aromatic rings. The summed E-state index contributed by atoms with van der Waals surface area (Å²) in [7, 11) is 3.80. The van der Waals surface area contributed by atoms with Crippen molar-refractivity contribution in [3.63, 3.8) is 0 Å². The van der Waals surface area contributed by atoms with E-state index in [1.54, 1.807) is 35.5 Å². The van der Waals surface area contributed by atoms with Gasteiger partial charge in [-0.25, -0.2) is 0 Å². The summed E-state index contributed by atoms with van der Waals surface area (Å²) in [4.78, 5) is 24.9. The molecule has 0 aliphatic carbocycles. The Morgan fingerprint density at radius 2 is 2.12 bits per heavy atom. The van der Waals surface area contributed by atoms with Gasteiger partial charge in [0.1, 0.15) is 6.10 Å². The number of nitrogens with zero attached hydrogens (tertiary/aromatic N) is 4. The van der Waals surface area contributed by atoms with E-state index in [1.807, 2.05) is 19.0 Å². The summed E-state index contributed by atoms with van der Waals surface area (Å²) >= 11 is 0. The molecule has 1 atom stereocenters. The topological polar surface area (TPSA) is 77.0 Å². The van der Waals surface area contributed by atoms with Crippen LogP contribution < -0.4 is 19.1 Å². The first-order chi connectivity index (χ1) is 12.6. The third-order valence-electron chi connectivity index (χ3n) is 4.40. The van der Waals surface area contributed by atoms with Crippen molar-refractivity contribution < 1.29 is 19.0 Å². The summed E-state index contributed by atoms with van der Waals surface area (Å²) in [6.45, 7) is 1.35. The summed E-state index contributed by atoms with van der Waals surface area (Å²) in [6.07, 6.45) is 3.93. The molecule has 0 unspecified atom stereocenters. The molecule has 26 heavy (non-hydrogen) atoms. The zero-order valence-corrected chi connectivity index (χ0v) is 14.7. The standard InChI is InChI=1S/C18H20N4O4/c1-21(2)16-8-19-9-17(20-16)26-13-5-6-22(10-13)18(23)12-3-4-14-15(7-12)25-11-24-14/h3-4,7-9,13H,5-6,10-11H2,1-2H3/t13-/m1/s1. The Bertz CT molecular complexity index is 827. The maximum atomic E-state index is 12.7. The number of benzene rings is 1. The van der Waals surface area contributed by atoms with Crippen LogP contribution in [0, 0.1) is 0 Å². The van der Waals surface area contributed by atoms with Gasteiger partial charge in [0.2, 0.25) is 12.7 Å². The fourth-order valence-electron chi connectivity index (χ4n) is 3.00. The number of aromatic nitrogens is 2. The van der Waals surface area contributed by atoms with Crippen molar-refractivity contribution in [2.24, 2.45) is 0 Å². The molecule has 0 spiro atoms. The molecule has 1 aromatic carbocycles. The van der Waals surface area contributed by atoms with Crippen LogP contribution in [0.2, 0.25) is 0 Å². The quantitative estimate of drug-likeness (QED) is 0.823. The number of ether oxygens (including phenoxy) is 3. The van der Waals surface area contributed by atoms with Crippen molar-refractivity contribution >= 4 is 11.7 Å². The molecule has 1 saturated heterocycles. The van der Waals surface area contributed by atoms with Gasteiger partial charge in [0.15, 0.2) is 17.3 Å². The molecule has 0 bridgehead atoms. The van der Waals surface area contributed by atoms with Crippen LogP contribution in [0.5, 0.6) is 17.4 Å². The van der Waals surface area contributed by atoms with Crippen LogP contribution in [-0.2, 0) is 0 Å². The van der Waals surface area contributed by atoms with Gasteiger partial charge >= 0.3 is 0 Å². The zero-order valence-electron chi connectivity index (χ0n) is 14.7. The lowest BCUT2D eigenvalue weighted by molar-refractivity contribution is 0.0770. The van der Waals surface area contributed by atoms with Crippen LogP contribution in [0.1, 0.15) is 16.8 Å². The van der Waals surface area contributed by atoms with Crippen molar-refractivity contribution in [1.29, 1.82) is 0 Å².